The van der Waals surface area contributed by atoms with Crippen LogP contribution in [0.1, 0.15) is 27.2 Å². The van der Waals surface area contributed by atoms with Crippen molar-refractivity contribution in [3.63, 3.8) is 0 Å². The van der Waals surface area contributed by atoms with Crippen LogP contribution in [0.2, 0.25) is 0 Å². The van der Waals surface area contributed by atoms with Crippen molar-refractivity contribution in [2.75, 3.05) is 7.11 Å². The quantitative estimate of drug-likeness (QED) is 0.461. The number of ether oxygens (including phenoxy) is 2. The lowest BCUT2D eigenvalue weighted by Crippen LogP contribution is -2.24. The van der Waals surface area contributed by atoms with Crippen LogP contribution in [0, 0.1) is 0 Å². The lowest BCUT2D eigenvalue weighted by molar-refractivity contribution is -0.113. The van der Waals surface area contributed by atoms with Crippen LogP contribution >= 0.6 is 0 Å². The van der Waals surface area contributed by atoms with Crippen molar-refractivity contribution in [2.24, 2.45) is 5.73 Å². The molecular weight excluding hydrogens is 290 g/mol. The third-order valence-corrected chi connectivity index (χ3v) is 3.45. The molecule has 23 heavy (non-hydrogen) atoms. The standard InChI is InChI=1S/C19H25NO3/c1-6-9-10-11-15-13(4)23-18(12-16(15)21)14(7-2)19(20)17(8-3)22-5/h7-13H,3,6,20H2,1-2,4-5H3/b10-9-,14-7-,15-11+,19-17-. The molecule has 0 fully saturated rings. The number of allylic oxidation sites excluding steroid dienone is 6. The molecule has 124 valence electrons. The molecule has 0 aromatic heterocycles. The molecule has 4 nitrogen and oxygen atoms in total. The van der Waals surface area contributed by atoms with Gasteiger partial charge in [-0.05, 0) is 26.3 Å². The average Bonchev–Trinajstić information content (AvgIpc) is 2.52. The topological polar surface area (TPSA) is 61.5 Å². The third kappa shape index (κ3) is 4.49. The number of nitrogens with two attached hydrogens (primary N) is 1. The first-order valence-corrected chi connectivity index (χ1v) is 7.62. The molecule has 4 heteroatoms. The van der Waals surface area contributed by atoms with E-state index in [1.165, 1.54) is 19.3 Å². The summed E-state index contributed by atoms with van der Waals surface area (Å²) in [5.41, 5.74) is 7.72. The van der Waals surface area contributed by atoms with Gasteiger partial charge in [-0.15, -0.1) is 0 Å². The first kappa shape index (κ1) is 18.6. The monoisotopic (exact) mass is 315 g/mol. The first-order valence-electron chi connectivity index (χ1n) is 7.62. The molecule has 0 spiro atoms. The second-order valence-electron chi connectivity index (χ2n) is 4.98. The van der Waals surface area contributed by atoms with Crippen LogP contribution in [0.3, 0.4) is 0 Å². The van der Waals surface area contributed by atoms with Crippen LogP contribution in [0.5, 0.6) is 0 Å². The maximum Gasteiger partial charge on any atom is 0.189 e. The molecule has 0 aromatic rings. The normalized spacial score (nSPS) is 21.8. The number of rotatable bonds is 6. The molecular formula is C19H25NO3. The maximum atomic E-state index is 12.4. The molecule has 1 aliphatic heterocycles. The summed E-state index contributed by atoms with van der Waals surface area (Å²) in [6.07, 6.45) is 11.0. The zero-order valence-electron chi connectivity index (χ0n) is 14.3. The Balaban J connectivity index is 3.21. The van der Waals surface area contributed by atoms with E-state index in [0.717, 1.165) is 6.42 Å². The smallest absolute Gasteiger partial charge is 0.189 e. The van der Waals surface area contributed by atoms with Crippen molar-refractivity contribution in [1.82, 2.24) is 0 Å². The molecule has 1 heterocycles. The SMILES string of the molecule is C=C/C(OC)=C(N)\C(=C/C)C1=CC(=O)/C(=C/C=C\CC)C(C)O1. The Kier molecular flexibility index (Phi) is 7.13. The van der Waals surface area contributed by atoms with Gasteiger partial charge in [-0.1, -0.05) is 37.8 Å². The Morgan fingerprint density at radius 1 is 1.52 bits per heavy atom. The molecule has 0 saturated heterocycles. The molecule has 0 amide bonds. The van der Waals surface area contributed by atoms with E-state index in [4.69, 9.17) is 15.2 Å². The molecule has 0 aliphatic carbocycles. The van der Waals surface area contributed by atoms with E-state index in [1.54, 1.807) is 12.2 Å². The van der Waals surface area contributed by atoms with E-state index in [-0.39, 0.29) is 11.9 Å². The van der Waals surface area contributed by atoms with Gasteiger partial charge in [0.2, 0.25) is 0 Å². The van der Waals surface area contributed by atoms with E-state index < -0.39 is 0 Å². The second-order valence-corrected chi connectivity index (χ2v) is 4.98. The summed E-state index contributed by atoms with van der Waals surface area (Å²) in [6, 6.07) is 0. The van der Waals surface area contributed by atoms with Gasteiger partial charge in [0.25, 0.3) is 0 Å². The molecule has 0 radical (unpaired) electrons. The van der Waals surface area contributed by atoms with Crippen molar-refractivity contribution in [3.8, 4) is 0 Å². The van der Waals surface area contributed by atoms with Gasteiger partial charge in [-0.3, -0.25) is 4.79 Å². The molecule has 2 N–H and O–H groups in total. The predicted octanol–water partition coefficient (Wildman–Crippen LogP) is 3.70. The van der Waals surface area contributed by atoms with Crippen LogP contribution in [0.25, 0.3) is 0 Å². The summed E-state index contributed by atoms with van der Waals surface area (Å²) in [5, 5.41) is 0. The van der Waals surface area contributed by atoms with E-state index >= 15 is 0 Å². The van der Waals surface area contributed by atoms with E-state index in [9.17, 15) is 4.79 Å². The summed E-state index contributed by atoms with van der Waals surface area (Å²) in [6.45, 7) is 9.37. The Morgan fingerprint density at radius 3 is 2.70 bits per heavy atom. The van der Waals surface area contributed by atoms with Gasteiger partial charge >= 0.3 is 0 Å². The average molecular weight is 315 g/mol. The molecule has 1 unspecified atom stereocenters. The van der Waals surface area contributed by atoms with Gasteiger partial charge in [0.15, 0.2) is 5.78 Å². The fourth-order valence-corrected chi connectivity index (χ4v) is 2.22. The minimum atomic E-state index is -0.346. The van der Waals surface area contributed by atoms with Crippen LogP contribution in [-0.2, 0) is 14.3 Å². The minimum Gasteiger partial charge on any atom is -0.495 e. The van der Waals surface area contributed by atoms with Gasteiger partial charge in [-0.25, -0.2) is 0 Å². The minimum absolute atomic E-state index is 0.0794. The highest BCUT2D eigenvalue weighted by Crippen LogP contribution is 2.28. The first-order chi connectivity index (χ1) is 11.0. The van der Waals surface area contributed by atoms with Gasteiger partial charge in [0, 0.05) is 17.2 Å². The van der Waals surface area contributed by atoms with E-state index in [0.29, 0.717) is 28.4 Å². The second kappa shape index (κ2) is 8.83. The fourth-order valence-electron chi connectivity index (χ4n) is 2.22. The molecule has 1 rings (SSSR count). The molecule has 0 saturated carbocycles. The number of hydrogen-bond acceptors (Lipinski definition) is 4. The predicted molar refractivity (Wildman–Crippen MR) is 93.3 cm³/mol. The molecule has 1 aliphatic rings. The number of carbonyl (C=O) groups is 1. The van der Waals surface area contributed by atoms with Gasteiger partial charge in [-0.2, -0.15) is 0 Å². The fraction of sp³-hybridized carbons (Fsp3) is 0.316. The summed E-state index contributed by atoms with van der Waals surface area (Å²) in [4.78, 5) is 12.4. The van der Waals surface area contributed by atoms with Crippen LogP contribution in [0.15, 0.2) is 71.4 Å². The van der Waals surface area contributed by atoms with Crippen molar-refractivity contribution < 1.29 is 14.3 Å². The number of hydrogen-bond donors (Lipinski definition) is 1. The third-order valence-electron chi connectivity index (χ3n) is 3.45. The lowest BCUT2D eigenvalue weighted by Gasteiger charge is -2.25. The van der Waals surface area contributed by atoms with Crippen LogP contribution in [0.4, 0.5) is 0 Å². The van der Waals surface area contributed by atoms with Crippen molar-refractivity contribution in [1.29, 1.82) is 0 Å². The molecule has 0 aromatic carbocycles. The Morgan fingerprint density at radius 2 is 2.22 bits per heavy atom. The molecule has 0 bridgehead atoms. The van der Waals surface area contributed by atoms with Gasteiger partial charge in [0.05, 0.1) is 12.8 Å². The van der Waals surface area contributed by atoms with Gasteiger partial charge in [0.1, 0.15) is 17.6 Å². The largest absolute Gasteiger partial charge is 0.495 e. The van der Waals surface area contributed by atoms with Crippen LogP contribution in [-0.4, -0.2) is 19.0 Å². The highest BCUT2D eigenvalue weighted by molar-refractivity contribution is 6.06. The van der Waals surface area contributed by atoms with Crippen molar-refractivity contribution in [3.05, 3.63) is 71.4 Å². The van der Waals surface area contributed by atoms with Crippen LogP contribution < -0.4 is 5.73 Å². The highest BCUT2D eigenvalue weighted by atomic mass is 16.5. The number of methoxy groups -OCH3 is 1. The van der Waals surface area contributed by atoms with Crippen molar-refractivity contribution >= 4 is 5.78 Å². The van der Waals surface area contributed by atoms with Gasteiger partial charge < -0.3 is 15.2 Å². The summed E-state index contributed by atoms with van der Waals surface area (Å²) >= 11 is 0. The number of carbonyl (C=O) groups excluding carboxylic acids is 1. The Hall–Kier alpha value is -2.49. The number of ketones is 1. The lowest BCUT2D eigenvalue weighted by atomic mass is 9.98. The summed E-state index contributed by atoms with van der Waals surface area (Å²) in [7, 11) is 1.52. The maximum absolute atomic E-state index is 12.4. The molecule has 1 atom stereocenters. The van der Waals surface area contributed by atoms with E-state index in [1.807, 2.05) is 32.9 Å². The highest BCUT2D eigenvalue weighted by Gasteiger charge is 2.26. The van der Waals surface area contributed by atoms with E-state index in [2.05, 4.69) is 6.58 Å². The van der Waals surface area contributed by atoms with Crippen molar-refractivity contribution in [2.45, 2.75) is 33.3 Å². The summed E-state index contributed by atoms with van der Waals surface area (Å²) < 4.78 is 11.1. The summed E-state index contributed by atoms with van der Waals surface area (Å²) in [5.74, 6) is 0.801. The Labute approximate surface area is 138 Å². The zero-order valence-corrected chi connectivity index (χ0v) is 14.3. The Bertz CT molecular complexity index is 619. The zero-order chi connectivity index (χ0) is 17.4.